The minimum atomic E-state index is -0.423. The van der Waals surface area contributed by atoms with Gasteiger partial charge in [0.1, 0.15) is 11.4 Å². The SMILES string of the molecule is Cc1nn(CC(C)C(=O)N2CCN(Cc3ccc(Cl)c(Cl)c3)CC2)c(C)c1[N+](=O)[O-]. The second-order valence-electron chi connectivity index (χ2n) is 7.71. The van der Waals surface area contributed by atoms with E-state index in [0.29, 0.717) is 41.1 Å². The number of halogens is 2. The van der Waals surface area contributed by atoms with Crippen molar-refractivity contribution in [1.82, 2.24) is 19.6 Å². The molecule has 1 aliphatic rings. The van der Waals surface area contributed by atoms with Crippen molar-refractivity contribution in [2.45, 2.75) is 33.9 Å². The molecule has 1 aromatic carbocycles. The highest BCUT2D eigenvalue weighted by molar-refractivity contribution is 6.42. The number of rotatable bonds is 6. The average Bonchev–Trinajstić information content (AvgIpc) is 2.98. The van der Waals surface area contributed by atoms with Gasteiger partial charge in [-0.15, -0.1) is 0 Å². The zero-order valence-electron chi connectivity index (χ0n) is 17.3. The molecular formula is C20H25Cl2N5O3. The van der Waals surface area contributed by atoms with Gasteiger partial charge in [0.2, 0.25) is 5.91 Å². The van der Waals surface area contributed by atoms with Crippen molar-refractivity contribution >= 4 is 34.8 Å². The third-order valence-electron chi connectivity index (χ3n) is 5.47. The van der Waals surface area contributed by atoms with Gasteiger partial charge < -0.3 is 4.90 Å². The molecule has 8 nitrogen and oxygen atoms in total. The van der Waals surface area contributed by atoms with Gasteiger partial charge in [0.25, 0.3) is 0 Å². The summed E-state index contributed by atoms with van der Waals surface area (Å²) in [4.78, 5) is 27.8. The number of aromatic nitrogens is 2. The maximum absolute atomic E-state index is 12.9. The first-order chi connectivity index (χ1) is 14.2. The van der Waals surface area contributed by atoms with Crippen LogP contribution in [0.2, 0.25) is 10.0 Å². The molecule has 30 heavy (non-hydrogen) atoms. The minimum absolute atomic E-state index is 0.0190. The lowest BCUT2D eigenvalue weighted by Crippen LogP contribution is -2.50. The van der Waals surface area contributed by atoms with Crippen molar-refractivity contribution in [1.29, 1.82) is 0 Å². The van der Waals surface area contributed by atoms with Crippen LogP contribution in [0.1, 0.15) is 23.9 Å². The number of piperazine rings is 1. The number of hydrogen-bond donors (Lipinski definition) is 0. The summed E-state index contributed by atoms with van der Waals surface area (Å²) in [6.45, 7) is 9.01. The zero-order chi connectivity index (χ0) is 22.0. The molecule has 0 N–H and O–H groups in total. The Labute approximate surface area is 185 Å². The Bertz CT molecular complexity index is 954. The van der Waals surface area contributed by atoms with Crippen LogP contribution in [-0.2, 0) is 17.9 Å². The molecule has 0 radical (unpaired) electrons. The number of nitrogens with zero attached hydrogens (tertiary/aromatic N) is 5. The van der Waals surface area contributed by atoms with Crippen LogP contribution < -0.4 is 0 Å². The van der Waals surface area contributed by atoms with E-state index in [2.05, 4.69) is 10.00 Å². The Hall–Kier alpha value is -2.16. The summed E-state index contributed by atoms with van der Waals surface area (Å²) in [6, 6.07) is 5.63. The second kappa shape index (κ2) is 9.32. The Balaban J connectivity index is 1.55. The fourth-order valence-corrected chi connectivity index (χ4v) is 4.12. The summed E-state index contributed by atoms with van der Waals surface area (Å²) in [5.74, 6) is -0.274. The molecule has 1 unspecified atom stereocenters. The van der Waals surface area contributed by atoms with Crippen LogP contribution in [0.15, 0.2) is 18.2 Å². The molecule has 2 aromatic rings. The van der Waals surface area contributed by atoms with Gasteiger partial charge in [-0.1, -0.05) is 36.2 Å². The van der Waals surface area contributed by atoms with Gasteiger partial charge in [-0.2, -0.15) is 5.10 Å². The molecule has 0 saturated carbocycles. The largest absolute Gasteiger partial charge is 0.340 e. The molecule has 1 saturated heterocycles. The van der Waals surface area contributed by atoms with E-state index in [-0.39, 0.29) is 17.5 Å². The second-order valence-corrected chi connectivity index (χ2v) is 8.52. The highest BCUT2D eigenvalue weighted by Crippen LogP contribution is 2.24. The molecule has 3 rings (SSSR count). The smallest absolute Gasteiger partial charge is 0.312 e. The van der Waals surface area contributed by atoms with Crippen molar-refractivity contribution < 1.29 is 9.72 Å². The van der Waals surface area contributed by atoms with E-state index in [1.807, 2.05) is 24.0 Å². The normalized spacial score (nSPS) is 16.0. The molecule has 10 heteroatoms. The van der Waals surface area contributed by atoms with Gasteiger partial charge in [-0.05, 0) is 31.5 Å². The molecule has 1 aliphatic heterocycles. The van der Waals surface area contributed by atoms with Gasteiger partial charge in [0, 0.05) is 32.7 Å². The number of carbonyl (C=O) groups excluding carboxylic acids is 1. The lowest BCUT2D eigenvalue weighted by Gasteiger charge is -2.36. The standard InChI is InChI=1S/C20H25Cl2N5O3/c1-13(11-26-15(3)19(27(29)30)14(2)23-26)20(28)25-8-6-24(7-9-25)12-16-4-5-17(21)18(22)10-16/h4-5,10,13H,6-9,11-12H2,1-3H3. The minimum Gasteiger partial charge on any atom is -0.340 e. The average molecular weight is 454 g/mol. The zero-order valence-corrected chi connectivity index (χ0v) is 18.8. The summed E-state index contributed by atoms with van der Waals surface area (Å²) >= 11 is 12.1. The summed E-state index contributed by atoms with van der Waals surface area (Å²) in [5, 5.41) is 16.5. The van der Waals surface area contributed by atoms with Gasteiger partial charge in [-0.3, -0.25) is 24.5 Å². The monoisotopic (exact) mass is 453 g/mol. The van der Waals surface area contributed by atoms with Crippen molar-refractivity contribution in [2.75, 3.05) is 26.2 Å². The molecule has 1 amide bonds. The van der Waals surface area contributed by atoms with Crippen molar-refractivity contribution in [3.8, 4) is 0 Å². The van der Waals surface area contributed by atoms with E-state index in [9.17, 15) is 14.9 Å². The van der Waals surface area contributed by atoms with Crippen LogP contribution in [0.25, 0.3) is 0 Å². The van der Waals surface area contributed by atoms with Gasteiger partial charge in [0.15, 0.2) is 0 Å². The summed E-state index contributed by atoms with van der Waals surface area (Å²) < 4.78 is 1.57. The van der Waals surface area contributed by atoms with E-state index in [1.165, 1.54) is 0 Å². The van der Waals surface area contributed by atoms with E-state index in [0.717, 1.165) is 25.2 Å². The van der Waals surface area contributed by atoms with Crippen LogP contribution in [-0.4, -0.2) is 56.6 Å². The van der Waals surface area contributed by atoms with Crippen molar-refractivity contribution in [3.63, 3.8) is 0 Å². The van der Waals surface area contributed by atoms with Crippen LogP contribution in [0.4, 0.5) is 5.69 Å². The van der Waals surface area contributed by atoms with Crippen molar-refractivity contribution in [2.24, 2.45) is 5.92 Å². The van der Waals surface area contributed by atoms with E-state index in [4.69, 9.17) is 23.2 Å². The highest BCUT2D eigenvalue weighted by atomic mass is 35.5. The van der Waals surface area contributed by atoms with Gasteiger partial charge >= 0.3 is 5.69 Å². The molecule has 1 fully saturated rings. The van der Waals surface area contributed by atoms with E-state index >= 15 is 0 Å². The molecule has 0 aliphatic carbocycles. The molecule has 1 atom stereocenters. The van der Waals surface area contributed by atoms with E-state index < -0.39 is 4.92 Å². The summed E-state index contributed by atoms with van der Waals surface area (Å²) in [7, 11) is 0. The highest BCUT2D eigenvalue weighted by Gasteiger charge is 2.28. The number of nitro groups is 1. The topological polar surface area (TPSA) is 84.5 Å². The molecular weight excluding hydrogens is 429 g/mol. The molecule has 0 bridgehead atoms. The van der Waals surface area contributed by atoms with Crippen LogP contribution >= 0.6 is 23.2 Å². The fraction of sp³-hybridized carbons (Fsp3) is 0.500. The number of hydrogen-bond acceptors (Lipinski definition) is 5. The Morgan fingerprint density at radius 3 is 2.43 bits per heavy atom. The number of aryl methyl sites for hydroxylation is 1. The molecule has 2 heterocycles. The van der Waals surface area contributed by atoms with Crippen LogP contribution in [0.5, 0.6) is 0 Å². The lowest BCUT2D eigenvalue weighted by molar-refractivity contribution is -0.386. The van der Waals surface area contributed by atoms with Crippen LogP contribution in [0, 0.1) is 29.9 Å². The number of benzene rings is 1. The first-order valence-electron chi connectivity index (χ1n) is 9.80. The number of amides is 1. The first-order valence-corrected chi connectivity index (χ1v) is 10.6. The third-order valence-corrected chi connectivity index (χ3v) is 6.21. The van der Waals surface area contributed by atoms with Gasteiger partial charge in [-0.25, -0.2) is 0 Å². The summed E-state index contributed by atoms with van der Waals surface area (Å²) in [6.07, 6.45) is 0. The maximum Gasteiger partial charge on any atom is 0.312 e. The number of carbonyl (C=O) groups is 1. The molecule has 1 aromatic heterocycles. The Morgan fingerprint density at radius 2 is 1.87 bits per heavy atom. The molecule has 162 valence electrons. The predicted molar refractivity (Wildman–Crippen MR) is 116 cm³/mol. The molecule has 0 spiro atoms. The van der Waals surface area contributed by atoms with Crippen molar-refractivity contribution in [3.05, 3.63) is 55.3 Å². The first kappa shape index (κ1) is 22.5. The summed E-state index contributed by atoms with van der Waals surface area (Å²) in [5.41, 5.74) is 1.95. The fourth-order valence-electron chi connectivity index (χ4n) is 3.80. The van der Waals surface area contributed by atoms with E-state index in [1.54, 1.807) is 24.6 Å². The Kier molecular flexibility index (Phi) is 7.00. The third kappa shape index (κ3) is 4.94. The van der Waals surface area contributed by atoms with Crippen LogP contribution in [0.3, 0.4) is 0 Å². The maximum atomic E-state index is 12.9. The lowest BCUT2D eigenvalue weighted by atomic mass is 10.1. The quantitative estimate of drug-likeness (QED) is 0.491. The van der Waals surface area contributed by atoms with Gasteiger partial charge in [0.05, 0.1) is 27.4 Å². The predicted octanol–water partition coefficient (Wildman–Crippen LogP) is 3.70. The Morgan fingerprint density at radius 1 is 1.20 bits per heavy atom.